The fourth-order valence-corrected chi connectivity index (χ4v) is 3.81. The lowest BCUT2D eigenvalue weighted by molar-refractivity contribution is -0.153. The normalized spacial score (nSPS) is 31.2. The third-order valence-corrected chi connectivity index (χ3v) is 5.26. The Morgan fingerprint density at radius 3 is 2.96 bits per heavy atom. The Hall–Kier alpha value is -1.76. The quantitative estimate of drug-likeness (QED) is 0.848. The molecule has 3 heterocycles. The van der Waals surface area contributed by atoms with Gasteiger partial charge in [0.05, 0.1) is 12.6 Å². The van der Waals surface area contributed by atoms with Crippen LogP contribution in [0.3, 0.4) is 0 Å². The van der Waals surface area contributed by atoms with E-state index in [9.17, 15) is 13.6 Å². The second-order valence-corrected chi connectivity index (χ2v) is 6.77. The number of alkyl halides is 1. The molecule has 0 unspecified atom stereocenters. The van der Waals surface area contributed by atoms with E-state index in [4.69, 9.17) is 9.47 Å². The first kappa shape index (κ1) is 15.7. The van der Waals surface area contributed by atoms with Crippen LogP contribution in [-0.4, -0.2) is 52.9 Å². The fraction of sp³-hybridized carbons (Fsp3) is 0.647. The maximum absolute atomic E-state index is 14.6. The Morgan fingerprint density at radius 1 is 1.42 bits per heavy atom. The summed E-state index contributed by atoms with van der Waals surface area (Å²) in [6, 6.07) is 2.54. The average molecular weight is 338 g/mol. The lowest BCUT2D eigenvalue weighted by Gasteiger charge is -2.39. The number of hydrogen-bond donors (Lipinski definition) is 0. The summed E-state index contributed by atoms with van der Waals surface area (Å²) in [4.78, 5) is 18.1. The van der Waals surface area contributed by atoms with Crippen molar-refractivity contribution in [2.45, 2.75) is 56.0 Å². The van der Waals surface area contributed by atoms with E-state index >= 15 is 0 Å². The van der Waals surface area contributed by atoms with E-state index < -0.39 is 23.5 Å². The highest BCUT2D eigenvalue weighted by atomic mass is 19.1. The van der Waals surface area contributed by atoms with Crippen LogP contribution in [0.4, 0.5) is 8.78 Å². The van der Waals surface area contributed by atoms with Crippen molar-refractivity contribution in [3.8, 4) is 5.88 Å². The molecule has 3 fully saturated rings. The van der Waals surface area contributed by atoms with Crippen LogP contribution in [-0.2, 0) is 9.53 Å². The molecular weight excluding hydrogens is 318 g/mol. The zero-order valence-electron chi connectivity index (χ0n) is 13.3. The molecule has 1 amide bonds. The number of nitrogens with zero attached hydrogens (tertiary/aromatic N) is 2. The van der Waals surface area contributed by atoms with Gasteiger partial charge in [0.1, 0.15) is 12.2 Å². The first-order valence-electron chi connectivity index (χ1n) is 8.47. The van der Waals surface area contributed by atoms with Crippen molar-refractivity contribution in [2.75, 3.05) is 13.2 Å². The summed E-state index contributed by atoms with van der Waals surface area (Å²) in [6.07, 6.45) is 3.40. The van der Waals surface area contributed by atoms with Crippen LogP contribution in [0.25, 0.3) is 0 Å². The monoisotopic (exact) mass is 338 g/mol. The fourth-order valence-electron chi connectivity index (χ4n) is 3.81. The van der Waals surface area contributed by atoms with Gasteiger partial charge in [-0.15, -0.1) is 0 Å². The van der Waals surface area contributed by atoms with E-state index in [1.54, 1.807) is 4.90 Å². The third-order valence-electron chi connectivity index (χ3n) is 5.26. The molecule has 1 aliphatic carbocycles. The molecule has 130 valence electrons. The molecule has 0 spiro atoms. The largest absolute Gasteiger partial charge is 0.468 e. The highest BCUT2D eigenvalue weighted by molar-refractivity contribution is 5.86. The second kappa shape index (κ2) is 5.95. The van der Waals surface area contributed by atoms with Gasteiger partial charge in [-0.25, -0.2) is 13.8 Å². The van der Waals surface area contributed by atoms with Crippen molar-refractivity contribution in [3.63, 3.8) is 0 Å². The Balaban J connectivity index is 1.55. The highest BCUT2D eigenvalue weighted by Crippen LogP contribution is 2.41. The van der Waals surface area contributed by atoms with Gasteiger partial charge < -0.3 is 14.4 Å². The first-order valence-corrected chi connectivity index (χ1v) is 8.47. The third kappa shape index (κ3) is 2.55. The second-order valence-electron chi connectivity index (χ2n) is 6.77. The van der Waals surface area contributed by atoms with E-state index in [1.807, 2.05) is 0 Å². The summed E-state index contributed by atoms with van der Waals surface area (Å²) in [7, 11) is 0. The number of pyridine rings is 1. The van der Waals surface area contributed by atoms with Gasteiger partial charge in [0.25, 0.3) is 11.8 Å². The van der Waals surface area contributed by atoms with E-state index in [0.29, 0.717) is 6.61 Å². The predicted octanol–water partition coefficient (Wildman–Crippen LogP) is 2.25. The minimum absolute atomic E-state index is 0.108. The molecule has 1 saturated carbocycles. The molecule has 3 aliphatic rings. The summed E-state index contributed by atoms with van der Waals surface area (Å²) in [5.74, 6) is -1.14. The van der Waals surface area contributed by atoms with Crippen LogP contribution in [0.15, 0.2) is 18.3 Å². The Kier molecular flexibility index (Phi) is 3.90. The molecule has 1 aromatic rings. The van der Waals surface area contributed by atoms with E-state index in [-0.39, 0.29) is 37.4 Å². The molecule has 1 aromatic heterocycles. The number of aromatic nitrogens is 1. The number of halogens is 2. The van der Waals surface area contributed by atoms with Gasteiger partial charge in [-0.05, 0) is 44.2 Å². The summed E-state index contributed by atoms with van der Waals surface area (Å²) in [6.45, 7) is 0.768. The van der Waals surface area contributed by atoms with Crippen LogP contribution in [0.5, 0.6) is 5.88 Å². The molecule has 7 heteroatoms. The van der Waals surface area contributed by atoms with Crippen LogP contribution >= 0.6 is 0 Å². The van der Waals surface area contributed by atoms with Crippen LogP contribution in [0, 0.1) is 5.82 Å². The number of rotatable bonds is 3. The summed E-state index contributed by atoms with van der Waals surface area (Å²) in [5.41, 5.74) is -1.74. The van der Waals surface area contributed by atoms with Crippen molar-refractivity contribution < 1.29 is 23.0 Å². The molecule has 0 radical (unpaired) electrons. The molecule has 0 bridgehead atoms. The Morgan fingerprint density at radius 2 is 2.25 bits per heavy atom. The minimum atomic E-state index is -1.74. The van der Waals surface area contributed by atoms with Crippen molar-refractivity contribution >= 4 is 5.91 Å². The number of ether oxygens (including phenoxy) is 2. The van der Waals surface area contributed by atoms with E-state index in [2.05, 4.69) is 4.98 Å². The SMILES string of the molecule is O=C(N1C[C@H](Oc2ncccc2F)[C@H]2OCCC[C@H]21)C1(F)CCC1. The van der Waals surface area contributed by atoms with Gasteiger partial charge in [-0.3, -0.25) is 4.79 Å². The molecule has 2 saturated heterocycles. The number of fused-ring (bicyclic) bond motifs is 1. The summed E-state index contributed by atoms with van der Waals surface area (Å²) in [5, 5.41) is 0. The lowest BCUT2D eigenvalue weighted by Crippen LogP contribution is -2.53. The lowest BCUT2D eigenvalue weighted by atomic mass is 9.80. The zero-order chi connectivity index (χ0) is 16.7. The van der Waals surface area contributed by atoms with Gasteiger partial charge in [0.15, 0.2) is 11.5 Å². The van der Waals surface area contributed by atoms with Crippen molar-refractivity contribution in [3.05, 3.63) is 24.1 Å². The number of carbonyl (C=O) groups is 1. The molecule has 4 rings (SSSR count). The van der Waals surface area contributed by atoms with Crippen molar-refractivity contribution in [1.29, 1.82) is 0 Å². The summed E-state index contributed by atoms with van der Waals surface area (Å²) < 4.78 is 39.9. The average Bonchev–Trinajstić information content (AvgIpc) is 2.93. The van der Waals surface area contributed by atoms with Crippen LogP contribution in [0.2, 0.25) is 0 Å². The first-order chi connectivity index (χ1) is 11.6. The van der Waals surface area contributed by atoms with Crippen molar-refractivity contribution in [2.24, 2.45) is 0 Å². The maximum atomic E-state index is 14.6. The van der Waals surface area contributed by atoms with Crippen LogP contribution in [0.1, 0.15) is 32.1 Å². The molecule has 0 N–H and O–H groups in total. The number of carbonyl (C=O) groups excluding carboxylic acids is 1. The highest BCUT2D eigenvalue weighted by Gasteiger charge is 2.54. The van der Waals surface area contributed by atoms with Crippen LogP contribution < -0.4 is 4.74 Å². The standard InChI is InChI=1S/C17H20F2N2O3/c18-11-4-1-8-20-15(11)24-13-10-21(12-5-2-9-23-14(12)13)16(22)17(19)6-3-7-17/h1,4,8,12-14H,2-3,5-7,9-10H2/t12-,13+,14+/m1/s1. The number of amides is 1. The topological polar surface area (TPSA) is 51.7 Å². The Labute approximate surface area is 138 Å². The summed E-state index contributed by atoms with van der Waals surface area (Å²) >= 11 is 0. The molecule has 2 aliphatic heterocycles. The number of likely N-dealkylation sites (tertiary alicyclic amines) is 1. The Bertz CT molecular complexity index is 638. The molecule has 5 nitrogen and oxygen atoms in total. The van der Waals surface area contributed by atoms with E-state index in [0.717, 1.165) is 19.3 Å². The van der Waals surface area contributed by atoms with E-state index in [1.165, 1.54) is 18.3 Å². The minimum Gasteiger partial charge on any atom is -0.468 e. The molecule has 24 heavy (non-hydrogen) atoms. The smallest absolute Gasteiger partial charge is 0.260 e. The molecule has 3 atom stereocenters. The van der Waals surface area contributed by atoms with Gasteiger partial charge in [0, 0.05) is 12.8 Å². The van der Waals surface area contributed by atoms with Crippen molar-refractivity contribution in [1.82, 2.24) is 9.88 Å². The number of hydrogen-bond acceptors (Lipinski definition) is 4. The molecular formula is C17H20F2N2O3. The predicted molar refractivity (Wildman–Crippen MR) is 80.8 cm³/mol. The maximum Gasteiger partial charge on any atom is 0.260 e. The van der Waals surface area contributed by atoms with Gasteiger partial charge >= 0.3 is 0 Å². The molecule has 0 aromatic carbocycles. The van der Waals surface area contributed by atoms with Gasteiger partial charge in [-0.2, -0.15) is 0 Å². The van der Waals surface area contributed by atoms with Gasteiger partial charge in [-0.1, -0.05) is 0 Å². The van der Waals surface area contributed by atoms with Gasteiger partial charge in [0.2, 0.25) is 0 Å². The zero-order valence-corrected chi connectivity index (χ0v) is 13.3.